The molecule has 3 N–H and O–H groups in total. The smallest absolute Gasteiger partial charge is 0.0503 e. The van der Waals surface area contributed by atoms with Crippen molar-refractivity contribution in [3.63, 3.8) is 0 Å². The Morgan fingerprint density at radius 3 is 2.24 bits per heavy atom. The zero-order valence-corrected chi connectivity index (χ0v) is 15.0. The first-order valence-electron chi connectivity index (χ1n) is 7.22. The molecular weight excluding hydrogens is 371 g/mol. The van der Waals surface area contributed by atoms with Gasteiger partial charge in [0.25, 0.3) is 0 Å². The first kappa shape index (κ1) is 16.5. The van der Waals surface area contributed by atoms with Gasteiger partial charge in [-0.3, -0.25) is 11.3 Å². The zero-order chi connectivity index (χ0) is 15.5. The first-order valence-corrected chi connectivity index (χ1v) is 8.29. The van der Waals surface area contributed by atoms with Crippen molar-refractivity contribution in [3.05, 3.63) is 68.8 Å². The second kappa shape index (κ2) is 6.90. The maximum Gasteiger partial charge on any atom is 0.0503 e. The summed E-state index contributed by atoms with van der Waals surface area (Å²) in [5, 5.41) is 0. The predicted octanol–water partition coefficient (Wildman–Crippen LogP) is 4.34. The summed E-state index contributed by atoms with van der Waals surface area (Å²) in [5.41, 5.74) is 7.02. The SMILES string of the molecule is CC(C)(C)c1ccccc1C(Cc1ccc(I)cc1)NN. The van der Waals surface area contributed by atoms with Gasteiger partial charge in [-0.05, 0) is 63.2 Å². The Morgan fingerprint density at radius 2 is 1.67 bits per heavy atom. The summed E-state index contributed by atoms with van der Waals surface area (Å²) in [6.45, 7) is 6.72. The van der Waals surface area contributed by atoms with Crippen molar-refractivity contribution in [3.8, 4) is 0 Å². The van der Waals surface area contributed by atoms with E-state index in [-0.39, 0.29) is 11.5 Å². The van der Waals surface area contributed by atoms with E-state index in [0.717, 1.165) is 6.42 Å². The number of halogens is 1. The third kappa shape index (κ3) is 4.28. The Labute approximate surface area is 141 Å². The quantitative estimate of drug-likeness (QED) is 0.460. The minimum Gasteiger partial charge on any atom is -0.271 e. The molecule has 0 radical (unpaired) electrons. The Kier molecular flexibility index (Phi) is 5.41. The van der Waals surface area contributed by atoms with Crippen LogP contribution in [0.15, 0.2) is 48.5 Å². The molecule has 0 amide bonds. The van der Waals surface area contributed by atoms with Crippen molar-refractivity contribution in [2.75, 3.05) is 0 Å². The van der Waals surface area contributed by atoms with E-state index < -0.39 is 0 Å². The van der Waals surface area contributed by atoms with Crippen LogP contribution in [-0.2, 0) is 11.8 Å². The van der Waals surface area contributed by atoms with Crippen LogP contribution in [0, 0.1) is 3.57 Å². The third-order valence-corrected chi connectivity index (χ3v) is 4.42. The second-order valence-electron chi connectivity index (χ2n) is 6.39. The van der Waals surface area contributed by atoms with E-state index in [1.165, 1.54) is 20.3 Å². The van der Waals surface area contributed by atoms with Crippen molar-refractivity contribution in [1.82, 2.24) is 5.43 Å². The number of hydrazine groups is 1. The Hall–Kier alpha value is -0.910. The molecule has 2 aromatic carbocycles. The predicted molar refractivity (Wildman–Crippen MR) is 98.1 cm³/mol. The van der Waals surface area contributed by atoms with Crippen molar-refractivity contribution in [1.29, 1.82) is 0 Å². The Morgan fingerprint density at radius 1 is 1.05 bits per heavy atom. The molecule has 2 nitrogen and oxygen atoms in total. The number of hydrogen-bond donors (Lipinski definition) is 2. The van der Waals surface area contributed by atoms with E-state index in [1.807, 2.05) is 0 Å². The fourth-order valence-electron chi connectivity index (χ4n) is 2.60. The van der Waals surface area contributed by atoms with Gasteiger partial charge < -0.3 is 0 Å². The third-order valence-electron chi connectivity index (χ3n) is 3.70. The van der Waals surface area contributed by atoms with Crippen LogP contribution in [-0.4, -0.2) is 0 Å². The fourth-order valence-corrected chi connectivity index (χ4v) is 2.96. The van der Waals surface area contributed by atoms with E-state index in [9.17, 15) is 0 Å². The standard InChI is InChI=1S/C18H23IN2/c1-18(2,3)16-7-5-4-6-15(16)17(21-20)12-13-8-10-14(19)11-9-13/h4-11,17,21H,12,20H2,1-3H3. The lowest BCUT2D eigenvalue weighted by Gasteiger charge is -2.27. The van der Waals surface area contributed by atoms with Crippen molar-refractivity contribution < 1.29 is 0 Å². The molecule has 2 rings (SSSR count). The van der Waals surface area contributed by atoms with Gasteiger partial charge in [-0.2, -0.15) is 0 Å². The fraction of sp³-hybridized carbons (Fsp3) is 0.333. The van der Waals surface area contributed by atoms with Crippen LogP contribution in [0.5, 0.6) is 0 Å². The topological polar surface area (TPSA) is 38.0 Å². The van der Waals surface area contributed by atoms with E-state index in [1.54, 1.807) is 0 Å². The van der Waals surface area contributed by atoms with Gasteiger partial charge in [-0.1, -0.05) is 57.2 Å². The highest BCUT2D eigenvalue weighted by molar-refractivity contribution is 14.1. The molecule has 0 spiro atoms. The Balaban J connectivity index is 2.32. The summed E-state index contributed by atoms with van der Waals surface area (Å²) in [6, 6.07) is 17.3. The number of nitrogens with two attached hydrogens (primary N) is 1. The maximum absolute atomic E-state index is 5.84. The summed E-state index contributed by atoms with van der Waals surface area (Å²) in [7, 11) is 0. The number of rotatable bonds is 4. The normalized spacial score (nSPS) is 13.2. The summed E-state index contributed by atoms with van der Waals surface area (Å²) < 4.78 is 1.25. The van der Waals surface area contributed by atoms with Crippen LogP contribution < -0.4 is 11.3 Å². The highest BCUT2D eigenvalue weighted by atomic mass is 127. The average molecular weight is 394 g/mol. The maximum atomic E-state index is 5.84. The molecule has 0 aliphatic rings. The van der Waals surface area contributed by atoms with Crippen LogP contribution in [0.3, 0.4) is 0 Å². The van der Waals surface area contributed by atoms with Crippen molar-refractivity contribution >= 4 is 22.6 Å². The van der Waals surface area contributed by atoms with E-state index in [2.05, 4.69) is 97.3 Å². The molecule has 0 heterocycles. The van der Waals surface area contributed by atoms with Crippen LogP contribution in [0.4, 0.5) is 0 Å². The van der Waals surface area contributed by atoms with Crippen LogP contribution in [0.2, 0.25) is 0 Å². The van der Waals surface area contributed by atoms with Gasteiger partial charge in [0.2, 0.25) is 0 Å². The van der Waals surface area contributed by atoms with Gasteiger partial charge in [-0.25, -0.2) is 0 Å². The van der Waals surface area contributed by atoms with Crippen LogP contribution >= 0.6 is 22.6 Å². The molecular formula is C18H23IN2. The monoisotopic (exact) mass is 394 g/mol. The summed E-state index contributed by atoms with van der Waals surface area (Å²) in [4.78, 5) is 0. The second-order valence-corrected chi connectivity index (χ2v) is 7.63. The summed E-state index contributed by atoms with van der Waals surface area (Å²) in [5.74, 6) is 5.84. The highest BCUT2D eigenvalue weighted by Crippen LogP contribution is 2.30. The van der Waals surface area contributed by atoms with E-state index in [4.69, 9.17) is 5.84 Å². The van der Waals surface area contributed by atoms with Crippen LogP contribution in [0.1, 0.15) is 43.5 Å². The molecule has 2 aromatic rings. The molecule has 0 fully saturated rings. The molecule has 1 atom stereocenters. The van der Waals surface area contributed by atoms with Gasteiger partial charge in [0.05, 0.1) is 6.04 Å². The number of benzene rings is 2. The minimum atomic E-state index is 0.109. The molecule has 0 aromatic heterocycles. The molecule has 21 heavy (non-hydrogen) atoms. The zero-order valence-electron chi connectivity index (χ0n) is 12.9. The lowest BCUT2D eigenvalue weighted by molar-refractivity contribution is 0.518. The van der Waals surface area contributed by atoms with Crippen LogP contribution in [0.25, 0.3) is 0 Å². The van der Waals surface area contributed by atoms with Gasteiger partial charge in [-0.15, -0.1) is 0 Å². The van der Waals surface area contributed by atoms with Gasteiger partial charge in [0.15, 0.2) is 0 Å². The molecule has 3 heteroatoms. The molecule has 0 saturated heterocycles. The summed E-state index contributed by atoms with van der Waals surface area (Å²) in [6.07, 6.45) is 0.889. The molecule has 0 bridgehead atoms. The Bertz CT molecular complexity index is 585. The molecule has 112 valence electrons. The van der Waals surface area contributed by atoms with E-state index >= 15 is 0 Å². The first-order chi connectivity index (χ1) is 9.91. The van der Waals surface area contributed by atoms with Gasteiger partial charge in [0, 0.05) is 3.57 Å². The molecule has 0 saturated carbocycles. The van der Waals surface area contributed by atoms with Gasteiger partial charge in [0.1, 0.15) is 0 Å². The molecule has 0 aliphatic carbocycles. The lowest BCUT2D eigenvalue weighted by atomic mass is 9.81. The minimum absolute atomic E-state index is 0.109. The largest absolute Gasteiger partial charge is 0.271 e. The number of nitrogens with one attached hydrogen (secondary N) is 1. The molecule has 1 unspecified atom stereocenters. The lowest BCUT2D eigenvalue weighted by Crippen LogP contribution is -2.31. The highest BCUT2D eigenvalue weighted by Gasteiger charge is 2.22. The van der Waals surface area contributed by atoms with Crippen molar-refractivity contribution in [2.45, 2.75) is 38.6 Å². The summed E-state index contributed by atoms with van der Waals surface area (Å²) >= 11 is 2.33. The average Bonchev–Trinajstić information content (AvgIpc) is 2.46. The van der Waals surface area contributed by atoms with Crippen molar-refractivity contribution in [2.24, 2.45) is 5.84 Å². The van der Waals surface area contributed by atoms with Gasteiger partial charge >= 0.3 is 0 Å². The number of hydrogen-bond acceptors (Lipinski definition) is 2. The molecule has 0 aliphatic heterocycles. The van der Waals surface area contributed by atoms with E-state index in [0.29, 0.717) is 0 Å².